The van der Waals surface area contributed by atoms with Gasteiger partial charge in [0.15, 0.2) is 0 Å². The molecule has 4 nitrogen and oxygen atoms in total. The van der Waals surface area contributed by atoms with Crippen LogP contribution in [-0.2, 0) is 4.79 Å². The van der Waals surface area contributed by atoms with Gasteiger partial charge in [0, 0.05) is 6.04 Å². The number of alkyl halides is 2. The fourth-order valence-corrected chi connectivity index (χ4v) is 2.89. The summed E-state index contributed by atoms with van der Waals surface area (Å²) in [6.45, 7) is 1.72. The molecule has 112 valence electrons. The molecule has 1 aromatic carbocycles. The summed E-state index contributed by atoms with van der Waals surface area (Å²) in [5.74, 6) is -0.434. The molecule has 0 aromatic heterocycles. The van der Waals surface area contributed by atoms with Crippen LogP contribution < -0.4 is 10.6 Å². The molecular weight excluding hydrogens is 311 g/mol. The van der Waals surface area contributed by atoms with E-state index in [0.29, 0.717) is 17.7 Å². The molecule has 1 unspecified atom stereocenters. The van der Waals surface area contributed by atoms with E-state index in [-0.39, 0.29) is 17.9 Å². The first kappa shape index (κ1) is 14.7. The van der Waals surface area contributed by atoms with Crippen LogP contribution in [0.4, 0.5) is 5.69 Å². The van der Waals surface area contributed by atoms with Crippen LogP contribution in [0.3, 0.4) is 0 Å². The summed E-state index contributed by atoms with van der Waals surface area (Å²) < 4.78 is -1.03. The summed E-state index contributed by atoms with van der Waals surface area (Å²) in [5.41, 5.74) is 0.130. The molecule has 2 aliphatic carbocycles. The molecular formula is C15H16Cl2N2O2. The van der Waals surface area contributed by atoms with Gasteiger partial charge in [-0.05, 0) is 38.3 Å². The second kappa shape index (κ2) is 4.89. The van der Waals surface area contributed by atoms with Gasteiger partial charge in [0.1, 0.15) is 4.33 Å². The predicted molar refractivity (Wildman–Crippen MR) is 82.7 cm³/mol. The summed E-state index contributed by atoms with van der Waals surface area (Å²) in [5, 5.41) is 5.69. The van der Waals surface area contributed by atoms with Crippen LogP contribution in [0.5, 0.6) is 0 Å². The van der Waals surface area contributed by atoms with Crippen molar-refractivity contribution in [1.82, 2.24) is 5.32 Å². The SMILES string of the molecule is CC1(C(=O)Nc2ccccc2C(=O)NC2CC2)CC1(Cl)Cl. The number of anilines is 1. The number of rotatable bonds is 4. The Morgan fingerprint density at radius 2 is 1.86 bits per heavy atom. The third kappa shape index (κ3) is 2.74. The Kier molecular flexibility index (Phi) is 3.41. The number of hydrogen-bond acceptors (Lipinski definition) is 2. The molecule has 2 fully saturated rings. The Balaban J connectivity index is 1.76. The predicted octanol–water partition coefficient (Wildman–Crippen LogP) is 3.10. The van der Waals surface area contributed by atoms with Gasteiger partial charge in [0.05, 0.1) is 16.7 Å². The lowest BCUT2D eigenvalue weighted by Crippen LogP contribution is -2.29. The lowest BCUT2D eigenvalue weighted by atomic mass is 10.1. The third-order valence-electron chi connectivity index (χ3n) is 4.09. The van der Waals surface area contributed by atoms with E-state index in [1.165, 1.54) is 0 Å². The highest BCUT2D eigenvalue weighted by Crippen LogP contribution is 2.64. The number of amides is 2. The molecule has 0 bridgehead atoms. The van der Waals surface area contributed by atoms with Crippen molar-refractivity contribution in [2.75, 3.05) is 5.32 Å². The smallest absolute Gasteiger partial charge is 0.253 e. The zero-order valence-electron chi connectivity index (χ0n) is 11.6. The zero-order chi connectivity index (χ0) is 15.3. The van der Waals surface area contributed by atoms with E-state index in [2.05, 4.69) is 10.6 Å². The van der Waals surface area contributed by atoms with Crippen LogP contribution in [0.15, 0.2) is 24.3 Å². The van der Waals surface area contributed by atoms with Crippen molar-refractivity contribution >= 4 is 40.7 Å². The van der Waals surface area contributed by atoms with Crippen LogP contribution in [0, 0.1) is 5.41 Å². The molecule has 1 atom stereocenters. The fourth-order valence-electron chi connectivity index (χ4n) is 2.19. The van der Waals surface area contributed by atoms with E-state index in [0.717, 1.165) is 12.8 Å². The Labute approximate surface area is 133 Å². The molecule has 6 heteroatoms. The van der Waals surface area contributed by atoms with Gasteiger partial charge >= 0.3 is 0 Å². The average molecular weight is 327 g/mol. The molecule has 1 aromatic rings. The fraction of sp³-hybridized carbons (Fsp3) is 0.467. The lowest BCUT2D eigenvalue weighted by Gasteiger charge is -2.15. The van der Waals surface area contributed by atoms with Crippen molar-refractivity contribution in [3.63, 3.8) is 0 Å². The molecule has 0 spiro atoms. The minimum Gasteiger partial charge on any atom is -0.349 e. The van der Waals surface area contributed by atoms with Crippen molar-refractivity contribution in [1.29, 1.82) is 0 Å². The largest absolute Gasteiger partial charge is 0.349 e. The highest BCUT2D eigenvalue weighted by atomic mass is 35.5. The van der Waals surface area contributed by atoms with E-state index in [1.54, 1.807) is 31.2 Å². The topological polar surface area (TPSA) is 58.2 Å². The third-order valence-corrected chi connectivity index (χ3v) is 5.19. The first-order valence-electron chi connectivity index (χ1n) is 6.93. The number of halogens is 2. The quantitative estimate of drug-likeness (QED) is 0.835. The van der Waals surface area contributed by atoms with Crippen molar-refractivity contribution in [2.24, 2.45) is 5.41 Å². The van der Waals surface area contributed by atoms with Crippen molar-refractivity contribution in [3.8, 4) is 0 Å². The summed E-state index contributed by atoms with van der Waals surface area (Å²) in [4.78, 5) is 24.5. The van der Waals surface area contributed by atoms with Crippen LogP contribution in [0.1, 0.15) is 36.5 Å². The lowest BCUT2D eigenvalue weighted by molar-refractivity contribution is -0.120. The minimum atomic E-state index is -1.03. The zero-order valence-corrected chi connectivity index (χ0v) is 13.1. The normalized spacial score (nSPS) is 26.0. The molecule has 0 radical (unpaired) electrons. The van der Waals surface area contributed by atoms with Gasteiger partial charge in [-0.15, -0.1) is 23.2 Å². The summed E-state index contributed by atoms with van der Waals surface area (Å²) in [7, 11) is 0. The number of carbonyl (C=O) groups excluding carboxylic acids is 2. The van der Waals surface area contributed by atoms with Gasteiger partial charge < -0.3 is 10.6 Å². The number of hydrogen-bond donors (Lipinski definition) is 2. The maximum atomic E-state index is 12.3. The maximum absolute atomic E-state index is 12.3. The van der Waals surface area contributed by atoms with E-state index >= 15 is 0 Å². The van der Waals surface area contributed by atoms with Crippen molar-refractivity contribution in [3.05, 3.63) is 29.8 Å². The minimum absolute atomic E-state index is 0.169. The number of benzene rings is 1. The van der Waals surface area contributed by atoms with E-state index in [1.807, 2.05) is 0 Å². The number of carbonyl (C=O) groups is 2. The summed E-state index contributed by atoms with van der Waals surface area (Å²) >= 11 is 12.0. The van der Waals surface area contributed by atoms with Crippen LogP contribution in [0.2, 0.25) is 0 Å². The Morgan fingerprint density at radius 3 is 2.43 bits per heavy atom. The first-order valence-corrected chi connectivity index (χ1v) is 7.68. The molecule has 2 N–H and O–H groups in total. The second-order valence-electron chi connectivity index (χ2n) is 5.96. The molecule has 0 aliphatic heterocycles. The van der Waals surface area contributed by atoms with E-state index in [4.69, 9.17) is 23.2 Å². The van der Waals surface area contributed by atoms with Gasteiger partial charge in [-0.3, -0.25) is 9.59 Å². The number of para-hydroxylation sites is 1. The van der Waals surface area contributed by atoms with Crippen LogP contribution >= 0.6 is 23.2 Å². The summed E-state index contributed by atoms with van der Waals surface area (Å²) in [6, 6.07) is 7.20. The molecule has 0 saturated heterocycles. The van der Waals surface area contributed by atoms with Gasteiger partial charge in [0.2, 0.25) is 5.91 Å². The van der Waals surface area contributed by atoms with Gasteiger partial charge in [-0.2, -0.15) is 0 Å². The standard InChI is InChI=1S/C15H16Cl2N2O2/c1-14(8-15(14,16)17)13(21)19-11-5-3-2-4-10(11)12(20)18-9-6-7-9/h2-5,9H,6-8H2,1H3,(H,18,20)(H,19,21). The molecule has 2 aliphatic rings. The van der Waals surface area contributed by atoms with Crippen molar-refractivity contribution < 1.29 is 9.59 Å². The first-order chi connectivity index (χ1) is 9.83. The summed E-state index contributed by atoms with van der Waals surface area (Å²) in [6.07, 6.45) is 2.43. The highest BCUT2D eigenvalue weighted by molar-refractivity contribution is 6.53. The van der Waals surface area contributed by atoms with E-state index < -0.39 is 9.75 Å². The Morgan fingerprint density at radius 1 is 1.24 bits per heavy atom. The van der Waals surface area contributed by atoms with Gasteiger partial charge in [0.25, 0.3) is 5.91 Å². The Bertz CT molecular complexity index is 613. The van der Waals surface area contributed by atoms with Gasteiger partial charge in [-0.1, -0.05) is 12.1 Å². The molecule has 3 rings (SSSR count). The Hall–Kier alpha value is -1.26. The average Bonchev–Trinajstić information content (AvgIpc) is 3.30. The second-order valence-corrected chi connectivity index (χ2v) is 7.44. The van der Waals surface area contributed by atoms with Crippen LogP contribution in [0.25, 0.3) is 0 Å². The maximum Gasteiger partial charge on any atom is 0.253 e. The molecule has 2 amide bonds. The molecule has 2 saturated carbocycles. The van der Waals surface area contributed by atoms with Crippen LogP contribution in [-0.4, -0.2) is 22.2 Å². The van der Waals surface area contributed by atoms with E-state index in [9.17, 15) is 9.59 Å². The highest BCUT2D eigenvalue weighted by Gasteiger charge is 2.67. The molecule has 0 heterocycles. The molecule has 21 heavy (non-hydrogen) atoms. The monoisotopic (exact) mass is 326 g/mol. The number of nitrogens with one attached hydrogen (secondary N) is 2. The van der Waals surface area contributed by atoms with Crippen molar-refractivity contribution in [2.45, 2.75) is 36.6 Å². The van der Waals surface area contributed by atoms with Gasteiger partial charge in [-0.25, -0.2) is 0 Å².